The molecule has 0 saturated carbocycles. The molecule has 0 unspecified atom stereocenters. The van der Waals surface area contributed by atoms with Gasteiger partial charge in [-0.1, -0.05) is 6.07 Å². The normalized spacial score (nSPS) is 19.8. The van der Waals surface area contributed by atoms with Gasteiger partial charge in [0.05, 0.1) is 0 Å². The molecule has 0 aliphatic carbocycles. The number of hydrogen-bond acceptors (Lipinski definition) is 4. The van der Waals surface area contributed by atoms with E-state index in [4.69, 9.17) is 9.47 Å². The minimum absolute atomic E-state index is 0.355. The Hall–Kier alpha value is -1.26. The van der Waals surface area contributed by atoms with E-state index < -0.39 is 0 Å². The van der Waals surface area contributed by atoms with Gasteiger partial charge in [-0.2, -0.15) is 0 Å². The van der Waals surface area contributed by atoms with Crippen molar-refractivity contribution in [1.82, 2.24) is 9.80 Å². The van der Waals surface area contributed by atoms with E-state index in [1.807, 2.05) is 6.07 Å². The molecule has 1 aromatic rings. The first-order chi connectivity index (χ1) is 9.72. The third-order valence-electron chi connectivity index (χ3n) is 4.50. The summed E-state index contributed by atoms with van der Waals surface area (Å²) in [5.74, 6) is 1.77. The molecular formula is C16H24N2O2. The summed E-state index contributed by atoms with van der Waals surface area (Å²) in [5, 5.41) is 0. The van der Waals surface area contributed by atoms with E-state index in [0.717, 1.165) is 30.5 Å². The third kappa shape index (κ3) is 3.07. The maximum atomic E-state index is 5.43. The highest BCUT2D eigenvalue weighted by atomic mass is 16.7. The molecular weight excluding hydrogens is 252 g/mol. The Kier molecular flexibility index (Phi) is 4.13. The number of rotatable bonds is 4. The topological polar surface area (TPSA) is 24.9 Å². The summed E-state index contributed by atoms with van der Waals surface area (Å²) >= 11 is 0. The molecule has 2 aliphatic rings. The van der Waals surface area contributed by atoms with Gasteiger partial charge in [-0.15, -0.1) is 0 Å². The van der Waals surface area contributed by atoms with Gasteiger partial charge in [0, 0.05) is 12.6 Å². The molecule has 2 aliphatic heterocycles. The number of hydrogen-bond donors (Lipinski definition) is 0. The Morgan fingerprint density at radius 1 is 1.20 bits per heavy atom. The molecule has 4 heteroatoms. The Labute approximate surface area is 121 Å². The van der Waals surface area contributed by atoms with Crippen LogP contribution >= 0.6 is 0 Å². The average molecular weight is 276 g/mol. The van der Waals surface area contributed by atoms with Crippen LogP contribution in [0.1, 0.15) is 18.4 Å². The fourth-order valence-electron chi connectivity index (χ4n) is 3.02. The van der Waals surface area contributed by atoms with Crippen molar-refractivity contribution in [3.05, 3.63) is 23.8 Å². The number of fused-ring (bicyclic) bond motifs is 1. The molecule has 1 fully saturated rings. The molecule has 110 valence electrons. The first-order valence-electron chi connectivity index (χ1n) is 7.49. The summed E-state index contributed by atoms with van der Waals surface area (Å²) in [6.45, 7) is 3.90. The highest BCUT2D eigenvalue weighted by Gasteiger charge is 2.20. The van der Waals surface area contributed by atoms with Crippen molar-refractivity contribution < 1.29 is 9.47 Å². The van der Waals surface area contributed by atoms with Crippen molar-refractivity contribution in [1.29, 1.82) is 0 Å². The lowest BCUT2D eigenvalue weighted by atomic mass is 10.0. The molecule has 0 radical (unpaired) electrons. The van der Waals surface area contributed by atoms with E-state index in [1.165, 1.54) is 31.5 Å². The van der Waals surface area contributed by atoms with Gasteiger partial charge in [0.1, 0.15) is 0 Å². The van der Waals surface area contributed by atoms with Crippen LogP contribution in [0.25, 0.3) is 0 Å². The Morgan fingerprint density at radius 3 is 2.75 bits per heavy atom. The molecule has 0 aromatic heterocycles. The van der Waals surface area contributed by atoms with Crippen LogP contribution < -0.4 is 9.47 Å². The highest BCUT2D eigenvalue weighted by Crippen LogP contribution is 2.32. The molecule has 1 saturated heterocycles. The average Bonchev–Trinajstić information content (AvgIpc) is 2.93. The van der Waals surface area contributed by atoms with Gasteiger partial charge in [0.15, 0.2) is 11.5 Å². The number of ether oxygens (including phenoxy) is 2. The summed E-state index contributed by atoms with van der Waals surface area (Å²) in [7, 11) is 4.46. The fourth-order valence-corrected chi connectivity index (χ4v) is 3.02. The fraction of sp³-hybridized carbons (Fsp3) is 0.625. The minimum atomic E-state index is 0.355. The Bertz CT molecular complexity index is 456. The lowest BCUT2D eigenvalue weighted by Crippen LogP contribution is -2.42. The lowest BCUT2D eigenvalue weighted by Gasteiger charge is -2.35. The van der Waals surface area contributed by atoms with Crippen LogP contribution in [0, 0.1) is 0 Å². The maximum Gasteiger partial charge on any atom is 0.231 e. The molecule has 0 N–H and O–H groups in total. The van der Waals surface area contributed by atoms with E-state index in [-0.39, 0.29) is 0 Å². The van der Waals surface area contributed by atoms with Crippen molar-refractivity contribution in [2.24, 2.45) is 0 Å². The summed E-state index contributed by atoms with van der Waals surface area (Å²) in [5.41, 5.74) is 1.33. The van der Waals surface area contributed by atoms with Crippen LogP contribution in [0.3, 0.4) is 0 Å². The van der Waals surface area contributed by atoms with Gasteiger partial charge in [-0.05, 0) is 64.1 Å². The molecule has 0 spiro atoms. The number of likely N-dealkylation sites (N-methyl/N-ethyl adjacent to an activating group) is 1. The van der Waals surface area contributed by atoms with Crippen LogP contribution in [-0.2, 0) is 6.42 Å². The van der Waals surface area contributed by atoms with Crippen LogP contribution in [0.4, 0.5) is 0 Å². The van der Waals surface area contributed by atoms with Crippen molar-refractivity contribution in [2.75, 3.05) is 40.5 Å². The van der Waals surface area contributed by atoms with E-state index in [2.05, 4.69) is 36.0 Å². The predicted molar refractivity (Wildman–Crippen MR) is 79.4 cm³/mol. The van der Waals surface area contributed by atoms with Gasteiger partial charge < -0.3 is 19.3 Å². The zero-order valence-corrected chi connectivity index (χ0v) is 12.5. The van der Waals surface area contributed by atoms with Gasteiger partial charge in [0.2, 0.25) is 6.79 Å². The van der Waals surface area contributed by atoms with Crippen molar-refractivity contribution in [2.45, 2.75) is 25.3 Å². The van der Waals surface area contributed by atoms with E-state index in [1.54, 1.807) is 0 Å². The van der Waals surface area contributed by atoms with Crippen LogP contribution in [-0.4, -0.2) is 56.4 Å². The molecule has 0 atom stereocenters. The van der Waals surface area contributed by atoms with Crippen molar-refractivity contribution >= 4 is 0 Å². The first-order valence-corrected chi connectivity index (χ1v) is 7.49. The van der Waals surface area contributed by atoms with E-state index in [0.29, 0.717) is 6.79 Å². The number of nitrogens with zero attached hydrogens (tertiary/aromatic N) is 2. The van der Waals surface area contributed by atoms with Gasteiger partial charge in [-0.25, -0.2) is 0 Å². The Morgan fingerprint density at radius 2 is 1.95 bits per heavy atom. The maximum absolute atomic E-state index is 5.43. The third-order valence-corrected chi connectivity index (χ3v) is 4.50. The smallest absolute Gasteiger partial charge is 0.231 e. The second-order valence-electron chi connectivity index (χ2n) is 5.95. The van der Waals surface area contributed by atoms with Crippen molar-refractivity contribution in [3.63, 3.8) is 0 Å². The van der Waals surface area contributed by atoms with Gasteiger partial charge in [0.25, 0.3) is 0 Å². The minimum Gasteiger partial charge on any atom is -0.454 e. The van der Waals surface area contributed by atoms with E-state index >= 15 is 0 Å². The van der Waals surface area contributed by atoms with Crippen LogP contribution in [0.5, 0.6) is 11.5 Å². The monoisotopic (exact) mass is 276 g/mol. The number of piperidine rings is 1. The van der Waals surface area contributed by atoms with Gasteiger partial charge in [-0.3, -0.25) is 0 Å². The lowest BCUT2D eigenvalue weighted by molar-refractivity contribution is 0.145. The first kappa shape index (κ1) is 13.7. The molecule has 4 nitrogen and oxygen atoms in total. The van der Waals surface area contributed by atoms with Crippen LogP contribution in [0.2, 0.25) is 0 Å². The summed E-state index contributed by atoms with van der Waals surface area (Å²) in [6, 6.07) is 7.02. The van der Waals surface area contributed by atoms with Gasteiger partial charge >= 0.3 is 0 Å². The molecule has 0 bridgehead atoms. The summed E-state index contributed by atoms with van der Waals surface area (Å²) < 4.78 is 10.8. The van der Waals surface area contributed by atoms with E-state index in [9.17, 15) is 0 Å². The quantitative estimate of drug-likeness (QED) is 0.839. The molecule has 2 heterocycles. The molecule has 1 aromatic carbocycles. The summed E-state index contributed by atoms with van der Waals surface area (Å²) in [4.78, 5) is 4.93. The summed E-state index contributed by atoms with van der Waals surface area (Å²) in [6.07, 6.45) is 3.64. The highest BCUT2D eigenvalue weighted by molar-refractivity contribution is 5.44. The predicted octanol–water partition coefficient (Wildman–Crippen LogP) is 1.98. The standard InChI is InChI=1S/C16H24N2O2/c1-17-8-6-14(7-9-17)18(2)10-5-13-3-4-15-16(11-13)20-12-19-15/h3-4,11,14H,5-10,12H2,1-2H3. The second kappa shape index (κ2) is 6.02. The SMILES string of the molecule is CN1CCC(N(C)CCc2ccc3c(c2)OCO3)CC1. The number of likely N-dealkylation sites (tertiary alicyclic amines) is 1. The van der Waals surface area contributed by atoms with Crippen molar-refractivity contribution in [3.8, 4) is 11.5 Å². The molecule has 0 amide bonds. The van der Waals surface area contributed by atoms with Crippen LogP contribution in [0.15, 0.2) is 18.2 Å². The molecule has 20 heavy (non-hydrogen) atoms. The molecule has 3 rings (SSSR count). The zero-order valence-electron chi connectivity index (χ0n) is 12.5. The number of benzene rings is 1. The Balaban J connectivity index is 1.51. The largest absolute Gasteiger partial charge is 0.454 e. The second-order valence-corrected chi connectivity index (χ2v) is 5.95. The zero-order chi connectivity index (χ0) is 13.9.